The predicted molar refractivity (Wildman–Crippen MR) is 107 cm³/mol. The molecule has 3 rings (SSSR count). The lowest BCUT2D eigenvalue weighted by molar-refractivity contribution is -0.00707. The number of amides is 1. The van der Waals surface area contributed by atoms with E-state index in [9.17, 15) is 22.4 Å². The van der Waals surface area contributed by atoms with Crippen molar-refractivity contribution in [2.75, 3.05) is 5.75 Å². The summed E-state index contributed by atoms with van der Waals surface area (Å²) in [6.07, 6.45) is 0.980. The molecule has 2 aromatic carbocycles. The lowest BCUT2D eigenvalue weighted by atomic mass is 10.1. The number of pyridine rings is 1. The highest BCUT2D eigenvalue weighted by Crippen LogP contribution is 2.34. The lowest BCUT2D eigenvalue weighted by Gasteiger charge is -2.16. The predicted octanol–water partition coefficient (Wildman–Crippen LogP) is 5.56. The van der Waals surface area contributed by atoms with Crippen LogP contribution in [-0.2, 0) is 12.5 Å². The Bertz CT molecular complexity index is 1010. The number of carbonyl (C=O) groups is 1. The zero-order valence-electron chi connectivity index (χ0n) is 15.7. The van der Waals surface area contributed by atoms with E-state index < -0.39 is 29.9 Å². The van der Waals surface area contributed by atoms with Crippen molar-refractivity contribution in [3.63, 3.8) is 0 Å². The largest absolute Gasteiger partial charge is 0.348 e. The molecule has 0 aliphatic rings. The summed E-state index contributed by atoms with van der Waals surface area (Å²) in [4.78, 5) is 16.6. The summed E-state index contributed by atoms with van der Waals surface area (Å²) < 4.78 is 54.8. The molecule has 1 aromatic heterocycles. The van der Waals surface area contributed by atoms with Crippen molar-refractivity contribution < 1.29 is 22.4 Å². The fourth-order valence-electron chi connectivity index (χ4n) is 2.72. The minimum absolute atomic E-state index is 0.00552. The van der Waals surface area contributed by atoms with Crippen LogP contribution < -0.4 is 5.32 Å². The highest BCUT2D eigenvalue weighted by molar-refractivity contribution is 7.99. The average molecular weight is 434 g/mol. The van der Waals surface area contributed by atoms with Gasteiger partial charge in [-0.25, -0.2) is 22.5 Å². The molecular weight excluding hydrogens is 416 g/mol. The average Bonchev–Trinajstić information content (AvgIpc) is 2.73. The van der Waals surface area contributed by atoms with Crippen molar-refractivity contribution in [3.05, 3.63) is 95.2 Å². The van der Waals surface area contributed by atoms with E-state index in [0.717, 1.165) is 36.0 Å². The summed E-state index contributed by atoms with van der Waals surface area (Å²) in [5.41, 5.74) is 0.586. The van der Waals surface area contributed by atoms with Crippen LogP contribution in [0.4, 0.5) is 17.6 Å². The van der Waals surface area contributed by atoms with E-state index in [2.05, 4.69) is 10.3 Å². The quantitative estimate of drug-likeness (QED) is 0.373. The molecule has 0 radical (unpaired) electrons. The zero-order valence-corrected chi connectivity index (χ0v) is 16.6. The maximum absolute atomic E-state index is 14.3. The van der Waals surface area contributed by atoms with Crippen molar-refractivity contribution in [2.45, 2.75) is 23.9 Å². The van der Waals surface area contributed by atoms with Crippen molar-refractivity contribution in [3.8, 4) is 0 Å². The highest BCUT2D eigenvalue weighted by Gasteiger charge is 2.31. The van der Waals surface area contributed by atoms with Crippen LogP contribution in [0.25, 0.3) is 0 Å². The molecular formula is C22H18F4N2OS. The summed E-state index contributed by atoms with van der Waals surface area (Å²) in [6.45, 7) is 0.123. The molecule has 156 valence electrons. The molecule has 0 spiro atoms. The molecule has 0 saturated carbocycles. The summed E-state index contributed by atoms with van der Waals surface area (Å²) in [7, 11) is 0. The number of nitrogens with zero attached hydrogens (tertiary/aromatic N) is 1. The fourth-order valence-corrected chi connectivity index (χ4v) is 3.72. The second kappa shape index (κ2) is 9.75. The number of halogens is 4. The second-order valence-corrected chi connectivity index (χ2v) is 7.56. The summed E-state index contributed by atoms with van der Waals surface area (Å²) in [6, 6.07) is 13.1. The summed E-state index contributed by atoms with van der Waals surface area (Å²) >= 11 is 1.04. The first-order valence-corrected chi connectivity index (χ1v) is 10.1. The van der Waals surface area contributed by atoms with Gasteiger partial charge in [-0.2, -0.15) is 0 Å². The number of benzene rings is 2. The molecule has 0 atom stereocenters. The van der Waals surface area contributed by atoms with Gasteiger partial charge < -0.3 is 5.32 Å². The molecule has 1 amide bonds. The van der Waals surface area contributed by atoms with Gasteiger partial charge in [0, 0.05) is 30.5 Å². The number of alkyl halides is 2. The normalized spacial score (nSPS) is 11.3. The van der Waals surface area contributed by atoms with Gasteiger partial charge in [0.1, 0.15) is 16.7 Å². The van der Waals surface area contributed by atoms with Crippen molar-refractivity contribution in [1.82, 2.24) is 10.3 Å². The Labute approximate surface area is 175 Å². The van der Waals surface area contributed by atoms with Crippen molar-refractivity contribution in [1.29, 1.82) is 0 Å². The summed E-state index contributed by atoms with van der Waals surface area (Å²) in [5.74, 6) is -4.53. The van der Waals surface area contributed by atoms with Gasteiger partial charge in [0.25, 0.3) is 11.8 Å². The van der Waals surface area contributed by atoms with Gasteiger partial charge >= 0.3 is 0 Å². The van der Waals surface area contributed by atoms with Crippen molar-refractivity contribution in [2.24, 2.45) is 0 Å². The molecule has 3 aromatic rings. The Balaban J connectivity index is 1.60. The van der Waals surface area contributed by atoms with E-state index in [1.807, 2.05) is 0 Å². The maximum Gasteiger partial charge on any atom is 0.274 e. The standard InChI is InChI=1S/C22H18F4N2OS/c23-17-8-6-16(7-9-17)22(25,26)10-12-30-21-19(5-2-11-27-21)20(29)28-14-15-3-1-4-18(24)13-15/h1-9,11,13H,10,12,14H2,(H,28,29). The third kappa shape index (κ3) is 5.82. The first-order valence-electron chi connectivity index (χ1n) is 9.09. The first kappa shape index (κ1) is 21.8. The Kier molecular flexibility index (Phi) is 7.10. The molecule has 0 unspecified atom stereocenters. The Hall–Kier alpha value is -2.87. The van der Waals surface area contributed by atoms with Crippen LogP contribution in [0.1, 0.15) is 27.9 Å². The molecule has 3 nitrogen and oxygen atoms in total. The minimum Gasteiger partial charge on any atom is -0.348 e. The third-order valence-electron chi connectivity index (χ3n) is 4.28. The number of hydrogen-bond acceptors (Lipinski definition) is 3. The van der Waals surface area contributed by atoms with Crippen LogP contribution in [0.2, 0.25) is 0 Å². The number of thioether (sulfide) groups is 1. The van der Waals surface area contributed by atoms with Gasteiger partial charge in [0.05, 0.1) is 5.56 Å². The molecule has 0 bridgehead atoms. The number of rotatable bonds is 8. The number of aromatic nitrogens is 1. The first-order chi connectivity index (χ1) is 14.3. The van der Waals surface area contributed by atoms with Gasteiger partial charge in [0.2, 0.25) is 0 Å². The molecule has 0 saturated heterocycles. The Morgan fingerprint density at radius 1 is 1.00 bits per heavy atom. The lowest BCUT2D eigenvalue weighted by Crippen LogP contribution is -2.23. The number of nitrogens with one attached hydrogen (secondary N) is 1. The van der Waals surface area contributed by atoms with Crippen molar-refractivity contribution >= 4 is 17.7 Å². The van der Waals surface area contributed by atoms with Gasteiger partial charge in [-0.1, -0.05) is 24.3 Å². The van der Waals surface area contributed by atoms with E-state index in [-0.39, 0.29) is 23.4 Å². The van der Waals surface area contributed by atoms with E-state index in [0.29, 0.717) is 10.6 Å². The van der Waals surface area contributed by atoms with Gasteiger partial charge in [0.15, 0.2) is 0 Å². The topological polar surface area (TPSA) is 42.0 Å². The molecule has 1 N–H and O–H groups in total. The molecule has 30 heavy (non-hydrogen) atoms. The summed E-state index contributed by atoms with van der Waals surface area (Å²) in [5, 5.41) is 3.00. The minimum atomic E-state index is -3.13. The molecule has 0 aliphatic heterocycles. The highest BCUT2D eigenvalue weighted by atomic mass is 32.2. The second-order valence-electron chi connectivity index (χ2n) is 6.48. The van der Waals surface area contributed by atoms with Gasteiger partial charge in [-0.3, -0.25) is 4.79 Å². The Morgan fingerprint density at radius 3 is 2.50 bits per heavy atom. The van der Waals surface area contributed by atoms with E-state index in [1.165, 1.54) is 18.3 Å². The monoisotopic (exact) mass is 434 g/mol. The number of hydrogen-bond donors (Lipinski definition) is 1. The SMILES string of the molecule is O=C(NCc1cccc(F)c1)c1cccnc1SCCC(F)(F)c1ccc(F)cc1. The molecule has 0 aliphatic carbocycles. The zero-order chi connectivity index (χ0) is 21.6. The van der Waals surface area contributed by atoms with Crippen LogP contribution in [0.15, 0.2) is 71.9 Å². The van der Waals surface area contributed by atoms with Crippen LogP contribution in [0.5, 0.6) is 0 Å². The van der Waals surface area contributed by atoms with Crippen LogP contribution >= 0.6 is 11.8 Å². The molecule has 0 fully saturated rings. The smallest absolute Gasteiger partial charge is 0.274 e. The molecule has 1 heterocycles. The third-order valence-corrected chi connectivity index (χ3v) is 5.29. The van der Waals surface area contributed by atoms with E-state index in [1.54, 1.807) is 24.3 Å². The van der Waals surface area contributed by atoms with Gasteiger partial charge in [-0.15, -0.1) is 11.8 Å². The Morgan fingerprint density at radius 2 is 1.77 bits per heavy atom. The fraction of sp³-hybridized carbons (Fsp3) is 0.182. The van der Waals surface area contributed by atoms with Crippen LogP contribution in [0.3, 0.4) is 0 Å². The number of carbonyl (C=O) groups excluding carboxylic acids is 1. The van der Waals surface area contributed by atoms with E-state index >= 15 is 0 Å². The van der Waals surface area contributed by atoms with Crippen LogP contribution in [0, 0.1) is 11.6 Å². The van der Waals surface area contributed by atoms with E-state index in [4.69, 9.17) is 0 Å². The molecule has 8 heteroatoms. The van der Waals surface area contributed by atoms with Crippen LogP contribution in [-0.4, -0.2) is 16.6 Å². The maximum atomic E-state index is 14.3. The van der Waals surface area contributed by atoms with Gasteiger partial charge in [-0.05, 0) is 42.0 Å².